The van der Waals surface area contributed by atoms with Gasteiger partial charge in [-0.25, -0.2) is 4.79 Å². The average molecular weight is 323 g/mol. The minimum atomic E-state index is -1.56. The highest BCUT2D eigenvalue weighted by Crippen LogP contribution is 2.18. The smallest absolute Gasteiger partial charge is 0.394 e. The van der Waals surface area contributed by atoms with Crippen molar-refractivity contribution in [2.75, 3.05) is 18.5 Å². The molecule has 0 bridgehead atoms. The Kier molecular flexibility index (Phi) is 7.76. The normalized spacial score (nSPS) is 11.6. The Balaban J connectivity index is 2.44. The van der Waals surface area contributed by atoms with E-state index in [9.17, 15) is 14.4 Å². The highest BCUT2D eigenvalue weighted by Gasteiger charge is 2.13. The van der Waals surface area contributed by atoms with Gasteiger partial charge in [0.1, 0.15) is 11.5 Å². The maximum Gasteiger partial charge on any atom is 0.394 e. The summed E-state index contributed by atoms with van der Waals surface area (Å²) in [5, 5.41) is 19.7. The monoisotopic (exact) mass is 323 g/mol. The van der Waals surface area contributed by atoms with Crippen molar-refractivity contribution in [3.8, 4) is 5.75 Å². The Bertz CT molecular complexity index is 557. The summed E-state index contributed by atoms with van der Waals surface area (Å²) in [7, 11) is 0. The van der Waals surface area contributed by atoms with E-state index in [4.69, 9.17) is 14.9 Å². The molecule has 3 N–H and O–H groups in total. The fraction of sp³-hybridized carbons (Fsp3) is 0.438. The van der Waals surface area contributed by atoms with Crippen LogP contribution < -0.4 is 10.1 Å². The van der Waals surface area contributed by atoms with Gasteiger partial charge in [0.25, 0.3) is 0 Å². The van der Waals surface area contributed by atoms with Crippen molar-refractivity contribution in [2.45, 2.75) is 26.2 Å². The van der Waals surface area contributed by atoms with E-state index >= 15 is 0 Å². The van der Waals surface area contributed by atoms with E-state index in [1.54, 1.807) is 18.2 Å². The van der Waals surface area contributed by atoms with Gasteiger partial charge in [-0.2, -0.15) is 0 Å². The van der Waals surface area contributed by atoms with Gasteiger partial charge in [-0.3, -0.25) is 9.59 Å². The molecular formula is C16H21NO6. The van der Waals surface area contributed by atoms with Crippen LogP contribution in [0, 0.1) is 5.92 Å². The van der Waals surface area contributed by atoms with E-state index in [-0.39, 0.29) is 18.3 Å². The molecule has 0 aliphatic rings. The summed E-state index contributed by atoms with van der Waals surface area (Å²) in [5.41, 5.74) is 0.330. The molecule has 1 atom stereocenters. The lowest BCUT2D eigenvalue weighted by atomic mass is 9.96. The van der Waals surface area contributed by atoms with E-state index < -0.39 is 11.9 Å². The van der Waals surface area contributed by atoms with Gasteiger partial charge in [0, 0.05) is 24.3 Å². The molecule has 1 aromatic rings. The van der Waals surface area contributed by atoms with Crippen LogP contribution in [0.4, 0.5) is 5.69 Å². The first-order chi connectivity index (χ1) is 10.9. The fourth-order valence-electron chi connectivity index (χ4n) is 2.07. The van der Waals surface area contributed by atoms with Gasteiger partial charge >= 0.3 is 11.9 Å². The van der Waals surface area contributed by atoms with Crippen LogP contribution in [-0.4, -0.2) is 41.1 Å². The molecular weight excluding hydrogens is 302 g/mol. The Hall–Kier alpha value is -2.41. The molecule has 0 saturated heterocycles. The summed E-state index contributed by atoms with van der Waals surface area (Å²) >= 11 is 0. The standard InChI is InChI=1S/C16H21NO6/c1-11(19)12(7-8-18)4-3-9-23-14-6-2-5-13(10-14)17-15(20)16(21)22/h2,5-6,10,12,18H,3-4,7-9H2,1H3,(H,17,20)(H,21,22). The number of rotatable bonds is 9. The number of carbonyl (C=O) groups excluding carboxylic acids is 2. The molecule has 0 aliphatic heterocycles. The first kappa shape index (κ1) is 18.6. The molecule has 7 heteroatoms. The Morgan fingerprint density at radius 2 is 2.00 bits per heavy atom. The second-order valence-electron chi connectivity index (χ2n) is 5.10. The van der Waals surface area contributed by atoms with Crippen molar-refractivity contribution in [2.24, 2.45) is 5.92 Å². The molecule has 126 valence electrons. The number of carbonyl (C=O) groups is 3. The molecule has 1 rings (SSSR count). The Labute approximate surface area is 134 Å². The maximum absolute atomic E-state index is 11.4. The predicted molar refractivity (Wildman–Crippen MR) is 83.3 cm³/mol. The van der Waals surface area contributed by atoms with Crippen molar-refractivity contribution in [3.05, 3.63) is 24.3 Å². The zero-order chi connectivity index (χ0) is 17.2. The van der Waals surface area contributed by atoms with Crippen molar-refractivity contribution >= 4 is 23.3 Å². The molecule has 0 aromatic heterocycles. The van der Waals surface area contributed by atoms with Crippen LogP contribution in [0.1, 0.15) is 26.2 Å². The number of anilines is 1. The summed E-state index contributed by atoms with van der Waals surface area (Å²) in [6.45, 7) is 1.87. The van der Waals surface area contributed by atoms with Crippen LogP contribution in [0.5, 0.6) is 5.75 Å². The molecule has 0 radical (unpaired) electrons. The number of ketones is 1. The van der Waals surface area contributed by atoms with Crippen LogP contribution in [-0.2, 0) is 14.4 Å². The van der Waals surface area contributed by atoms with E-state index in [0.29, 0.717) is 37.3 Å². The van der Waals surface area contributed by atoms with Gasteiger partial charge in [0.15, 0.2) is 0 Å². The lowest BCUT2D eigenvalue weighted by molar-refractivity contribution is -0.147. The average Bonchev–Trinajstić information content (AvgIpc) is 2.50. The topological polar surface area (TPSA) is 113 Å². The molecule has 1 aromatic carbocycles. The largest absolute Gasteiger partial charge is 0.494 e. The first-order valence-corrected chi connectivity index (χ1v) is 7.32. The number of aliphatic carboxylic acids is 1. The highest BCUT2D eigenvalue weighted by atomic mass is 16.5. The fourth-order valence-corrected chi connectivity index (χ4v) is 2.07. The van der Waals surface area contributed by atoms with Crippen LogP contribution >= 0.6 is 0 Å². The number of hydrogen-bond acceptors (Lipinski definition) is 5. The van der Waals surface area contributed by atoms with Crippen LogP contribution in [0.3, 0.4) is 0 Å². The van der Waals surface area contributed by atoms with E-state index in [0.717, 1.165) is 0 Å². The third-order valence-electron chi connectivity index (χ3n) is 3.30. The first-order valence-electron chi connectivity index (χ1n) is 7.32. The second-order valence-corrected chi connectivity index (χ2v) is 5.10. The molecule has 0 saturated carbocycles. The number of carboxylic acid groups (broad SMARTS) is 1. The van der Waals surface area contributed by atoms with Crippen molar-refractivity contribution in [3.63, 3.8) is 0 Å². The number of aliphatic hydroxyl groups excluding tert-OH is 1. The number of benzene rings is 1. The van der Waals surface area contributed by atoms with Gasteiger partial charge < -0.3 is 20.3 Å². The highest BCUT2D eigenvalue weighted by molar-refractivity contribution is 6.36. The van der Waals surface area contributed by atoms with Gasteiger partial charge in [0.05, 0.1) is 6.61 Å². The van der Waals surface area contributed by atoms with Crippen LogP contribution in [0.2, 0.25) is 0 Å². The van der Waals surface area contributed by atoms with Gasteiger partial charge in [-0.15, -0.1) is 0 Å². The van der Waals surface area contributed by atoms with Gasteiger partial charge in [-0.1, -0.05) is 6.07 Å². The van der Waals surface area contributed by atoms with E-state index in [2.05, 4.69) is 5.32 Å². The molecule has 1 amide bonds. The van der Waals surface area contributed by atoms with Gasteiger partial charge in [0.2, 0.25) is 0 Å². The number of aliphatic hydroxyl groups is 1. The summed E-state index contributed by atoms with van der Waals surface area (Å²) in [6, 6.07) is 6.40. The lowest BCUT2D eigenvalue weighted by Gasteiger charge is -2.13. The SMILES string of the molecule is CC(=O)C(CCO)CCCOc1cccc(NC(=O)C(=O)O)c1. The number of amides is 1. The van der Waals surface area contributed by atoms with E-state index in [1.807, 2.05) is 0 Å². The van der Waals surface area contributed by atoms with Gasteiger partial charge in [-0.05, 0) is 38.3 Å². The molecule has 0 fully saturated rings. The second kappa shape index (κ2) is 9.58. The summed E-state index contributed by atoms with van der Waals surface area (Å²) in [4.78, 5) is 32.9. The molecule has 1 unspecified atom stereocenters. The Morgan fingerprint density at radius 1 is 1.26 bits per heavy atom. The van der Waals surface area contributed by atoms with Crippen LogP contribution in [0.25, 0.3) is 0 Å². The zero-order valence-electron chi connectivity index (χ0n) is 12.9. The molecule has 7 nitrogen and oxygen atoms in total. The van der Waals surface area contributed by atoms with E-state index in [1.165, 1.54) is 13.0 Å². The quantitative estimate of drug-likeness (QED) is 0.468. The van der Waals surface area contributed by atoms with Crippen molar-refractivity contribution in [1.82, 2.24) is 0 Å². The third-order valence-corrected chi connectivity index (χ3v) is 3.30. The molecule has 23 heavy (non-hydrogen) atoms. The van der Waals surface area contributed by atoms with Crippen LogP contribution in [0.15, 0.2) is 24.3 Å². The molecule has 0 aliphatic carbocycles. The summed E-state index contributed by atoms with van der Waals surface area (Å²) < 4.78 is 5.52. The molecule has 0 spiro atoms. The third kappa shape index (κ3) is 6.92. The van der Waals surface area contributed by atoms with Crippen molar-refractivity contribution < 1.29 is 29.3 Å². The minimum absolute atomic E-state index is 0.0174. The maximum atomic E-state index is 11.4. The summed E-state index contributed by atoms with van der Waals surface area (Å²) in [5.74, 6) is -2.29. The Morgan fingerprint density at radius 3 is 2.61 bits per heavy atom. The number of Topliss-reactive ketones (excluding diaryl/α,β-unsaturated/α-hetero) is 1. The minimum Gasteiger partial charge on any atom is -0.494 e. The number of carboxylic acids is 1. The number of hydrogen-bond donors (Lipinski definition) is 3. The predicted octanol–water partition coefficient (Wildman–Crippen LogP) is 1.46. The molecule has 0 heterocycles. The lowest BCUT2D eigenvalue weighted by Crippen LogP contribution is -2.21. The zero-order valence-corrected chi connectivity index (χ0v) is 12.9. The summed E-state index contributed by atoms with van der Waals surface area (Å²) in [6.07, 6.45) is 1.73. The number of nitrogens with one attached hydrogen (secondary N) is 1. The number of ether oxygens (including phenoxy) is 1. The van der Waals surface area contributed by atoms with Crippen molar-refractivity contribution in [1.29, 1.82) is 0 Å².